The van der Waals surface area contributed by atoms with Crippen molar-refractivity contribution in [2.75, 3.05) is 19.5 Å². The van der Waals surface area contributed by atoms with Crippen molar-refractivity contribution in [3.05, 3.63) is 96.6 Å². The van der Waals surface area contributed by atoms with Gasteiger partial charge in [-0.1, -0.05) is 49.4 Å². The summed E-state index contributed by atoms with van der Waals surface area (Å²) in [6.07, 6.45) is 0.659. The van der Waals surface area contributed by atoms with Crippen molar-refractivity contribution in [3.63, 3.8) is 0 Å². The fraction of sp³-hybridized carbons (Fsp3) is 0.161. The Morgan fingerprint density at radius 2 is 1.47 bits per heavy atom. The molecule has 7 heteroatoms. The molecule has 4 aromatic carbocycles. The molecule has 38 heavy (non-hydrogen) atoms. The molecule has 0 saturated heterocycles. The van der Waals surface area contributed by atoms with Crippen LogP contribution in [0.15, 0.2) is 95.9 Å². The molecule has 0 spiro atoms. The quantitative estimate of drug-likeness (QED) is 0.216. The molecular weight excluding hydrogens is 496 g/mol. The number of amides is 1. The van der Waals surface area contributed by atoms with E-state index in [2.05, 4.69) is 17.4 Å². The highest BCUT2D eigenvalue weighted by Gasteiger charge is 2.24. The Labute approximate surface area is 225 Å². The maximum absolute atomic E-state index is 13.9. The lowest BCUT2D eigenvalue weighted by Crippen LogP contribution is -2.23. The summed E-state index contributed by atoms with van der Waals surface area (Å²) in [5.41, 5.74) is 2.92. The summed E-state index contributed by atoms with van der Waals surface area (Å²) >= 11 is 1.50. The van der Waals surface area contributed by atoms with Crippen molar-refractivity contribution in [2.24, 2.45) is 0 Å². The number of benzene rings is 4. The first-order valence-electron chi connectivity index (χ1n) is 12.4. The first-order valence-corrected chi connectivity index (χ1v) is 13.2. The molecule has 1 atom stereocenters. The first kappa shape index (κ1) is 25.4. The van der Waals surface area contributed by atoms with Gasteiger partial charge < -0.3 is 14.8 Å². The van der Waals surface area contributed by atoms with Crippen molar-refractivity contribution in [1.82, 2.24) is 4.57 Å². The molecule has 1 heterocycles. The number of methoxy groups -OCH3 is 2. The predicted octanol–water partition coefficient (Wildman–Crippen LogP) is 7.28. The van der Waals surface area contributed by atoms with Crippen molar-refractivity contribution < 1.29 is 19.1 Å². The molecule has 0 saturated carbocycles. The molecule has 1 unspecified atom stereocenters. The minimum atomic E-state index is -0.300. The van der Waals surface area contributed by atoms with Crippen LogP contribution in [0.5, 0.6) is 11.5 Å². The van der Waals surface area contributed by atoms with E-state index in [-0.39, 0.29) is 17.1 Å². The largest absolute Gasteiger partial charge is 0.493 e. The van der Waals surface area contributed by atoms with Gasteiger partial charge in [-0.3, -0.25) is 14.2 Å². The maximum Gasteiger partial charge on any atom is 0.255 e. The molecule has 6 nitrogen and oxygen atoms in total. The topological polar surface area (TPSA) is 69.6 Å². The Bertz CT molecular complexity index is 1590. The van der Waals surface area contributed by atoms with Crippen molar-refractivity contribution in [3.8, 4) is 11.5 Å². The normalized spacial score (nSPS) is 11.9. The van der Waals surface area contributed by atoms with E-state index >= 15 is 0 Å². The molecule has 1 aromatic heterocycles. The van der Waals surface area contributed by atoms with Crippen LogP contribution in [0.4, 0.5) is 5.69 Å². The number of nitrogens with zero attached hydrogens (tertiary/aromatic N) is 1. The second-order valence-electron chi connectivity index (χ2n) is 8.77. The van der Waals surface area contributed by atoms with E-state index in [1.54, 1.807) is 25.3 Å². The average molecular weight is 525 g/mol. The third-order valence-corrected chi connectivity index (χ3v) is 7.81. The highest BCUT2D eigenvalue weighted by atomic mass is 32.2. The van der Waals surface area contributed by atoms with E-state index in [0.717, 1.165) is 26.7 Å². The summed E-state index contributed by atoms with van der Waals surface area (Å²) < 4.78 is 12.4. The Morgan fingerprint density at radius 3 is 2.11 bits per heavy atom. The summed E-state index contributed by atoms with van der Waals surface area (Å²) in [4.78, 5) is 27.7. The van der Waals surface area contributed by atoms with Gasteiger partial charge in [0.05, 0.1) is 30.5 Å². The summed E-state index contributed by atoms with van der Waals surface area (Å²) in [5.74, 6) is 0.816. The molecule has 1 amide bonds. The van der Waals surface area contributed by atoms with Gasteiger partial charge in [0, 0.05) is 26.9 Å². The van der Waals surface area contributed by atoms with Crippen LogP contribution in [-0.4, -0.2) is 35.9 Å². The number of thioether (sulfide) groups is 1. The maximum atomic E-state index is 13.9. The SMILES string of the molecule is CCC(Sc1cccc(NC(=O)c2ccc(OC)c(OC)c2)c1)C(=O)n1c2ccccc2c2ccccc21. The third kappa shape index (κ3) is 4.85. The molecule has 0 aliphatic carbocycles. The number of carbonyl (C=O) groups is 2. The number of nitrogens with one attached hydrogen (secondary N) is 1. The fourth-order valence-corrected chi connectivity index (χ4v) is 5.66. The van der Waals surface area contributed by atoms with Crippen LogP contribution in [0, 0.1) is 0 Å². The lowest BCUT2D eigenvalue weighted by atomic mass is 10.2. The Hall–Kier alpha value is -4.23. The molecule has 0 aliphatic heterocycles. The lowest BCUT2D eigenvalue weighted by molar-refractivity contribution is 0.0918. The highest BCUT2D eigenvalue weighted by Crippen LogP contribution is 2.34. The zero-order valence-corrected chi connectivity index (χ0v) is 22.2. The Kier molecular flexibility index (Phi) is 7.38. The molecule has 0 bridgehead atoms. The molecule has 192 valence electrons. The van der Waals surface area contributed by atoms with Crippen LogP contribution in [0.1, 0.15) is 28.5 Å². The molecule has 5 aromatic rings. The third-order valence-electron chi connectivity index (χ3n) is 6.46. The lowest BCUT2D eigenvalue weighted by Gasteiger charge is -2.16. The fourth-order valence-electron chi connectivity index (χ4n) is 4.60. The van der Waals surface area contributed by atoms with E-state index < -0.39 is 0 Å². The van der Waals surface area contributed by atoms with Gasteiger partial charge in [0.2, 0.25) is 5.91 Å². The molecule has 0 aliphatic rings. The minimum absolute atomic E-state index is 0.0367. The molecular formula is C31H28N2O4S. The van der Waals surface area contributed by atoms with E-state index in [0.29, 0.717) is 29.2 Å². The molecule has 1 N–H and O–H groups in total. The summed E-state index contributed by atoms with van der Waals surface area (Å²) in [5, 5.41) is 4.78. The van der Waals surface area contributed by atoms with Crippen molar-refractivity contribution in [2.45, 2.75) is 23.5 Å². The zero-order chi connectivity index (χ0) is 26.6. The number of para-hydroxylation sites is 2. The summed E-state index contributed by atoms with van der Waals surface area (Å²) in [6.45, 7) is 2.02. The van der Waals surface area contributed by atoms with Crippen LogP contribution < -0.4 is 14.8 Å². The predicted molar refractivity (Wildman–Crippen MR) is 154 cm³/mol. The van der Waals surface area contributed by atoms with Gasteiger partial charge >= 0.3 is 0 Å². The highest BCUT2D eigenvalue weighted by molar-refractivity contribution is 8.00. The van der Waals surface area contributed by atoms with Crippen LogP contribution in [0.25, 0.3) is 21.8 Å². The average Bonchev–Trinajstić information content (AvgIpc) is 3.29. The number of aromatic nitrogens is 1. The molecule has 0 fully saturated rings. The van der Waals surface area contributed by atoms with Crippen LogP contribution in [0.2, 0.25) is 0 Å². The van der Waals surface area contributed by atoms with Gasteiger partial charge in [0.1, 0.15) is 0 Å². The first-order chi connectivity index (χ1) is 18.5. The van der Waals surface area contributed by atoms with E-state index in [9.17, 15) is 9.59 Å². The number of anilines is 1. The van der Waals surface area contributed by atoms with Gasteiger partial charge in [0.15, 0.2) is 11.5 Å². The Balaban J connectivity index is 1.38. The van der Waals surface area contributed by atoms with Crippen LogP contribution in [-0.2, 0) is 0 Å². The van der Waals surface area contributed by atoms with Gasteiger partial charge in [-0.2, -0.15) is 0 Å². The number of hydrogen-bond acceptors (Lipinski definition) is 5. The van der Waals surface area contributed by atoms with Crippen molar-refractivity contribution >= 4 is 51.1 Å². The second-order valence-corrected chi connectivity index (χ2v) is 10.1. The van der Waals surface area contributed by atoms with Crippen LogP contribution in [0.3, 0.4) is 0 Å². The van der Waals surface area contributed by atoms with E-state index in [4.69, 9.17) is 9.47 Å². The standard InChI is InChI=1S/C31H28N2O4S/c1-4-29(31(35)33-25-14-7-5-12-23(25)24-13-6-8-15-26(24)33)38-22-11-9-10-21(19-22)32-30(34)20-16-17-27(36-2)28(18-20)37-3/h5-19,29H,4H2,1-3H3,(H,32,34). The molecule has 5 rings (SSSR count). The monoisotopic (exact) mass is 524 g/mol. The zero-order valence-electron chi connectivity index (χ0n) is 21.4. The number of carbonyl (C=O) groups excluding carboxylic acids is 2. The number of rotatable bonds is 8. The van der Waals surface area contributed by atoms with Gasteiger partial charge in [-0.15, -0.1) is 11.8 Å². The number of hydrogen-bond donors (Lipinski definition) is 1. The van der Waals surface area contributed by atoms with Crippen LogP contribution >= 0.6 is 11.8 Å². The van der Waals surface area contributed by atoms with E-state index in [1.807, 2.05) is 72.2 Å². The number of fused-ring (bicyclic) bond motifs is 3. The summed E-state index contributed by atoms with van der Waals surface area (Å²) in [6, 6.07) is 28.6. The van der Waals surface area contributed by atoms with Gasteiger partial charge in [-0.05, 0) is 55.0 Å². The second kappa shape index (κ2) is 11.0. The van der Waals surface area contributed by atoms with Gasteiger partial charge in [-0.25, -0.2) is 0 Å². The minimum Gasteiger partial charge on any atom is -0.493 e. The van der Waals surface area contributed by atoms with Gasteiger partial charge in [0.25, 0.3) is 5.91 Å². The molecule has 0 radical (unpaired) electrons. The summed E-state index contributed by atoms with van der Waals surface area (Å²) in [7, 11) is 3.08. The number of ether oxygens (including phenoxy) is 2. The smallest absolute Gasteiger partial charge is 0.255 e. The van der Waals surface area contributed by atoms with E-state index in [1.165, 1.54) is 18.9 Å². The van der Waals surface area contributed by atoms with Crippen molar-refractivity contribution in [1.29, 1.82) is 0 Å². The Morgan fingerprint density at radius 1 is 0.816 bits per heavy atom.